The van der Waals surface area contributed by atoms with Gasteiger partial charge in [-0.15, -0.1) is 0 Å². The fourth-order valence-electron chi connectivity index (χ4n) is 2.56. The summed E-state index contributed by atoms with van der Waals surface area (Å²) in [6, 6.07) is 3.83. The van der Waals surface area contributed by atoms with Gasteiger partial charge in [0.05, 0.1) is 34.4 Å². The van der Waals surface area contributed by atoms with Crippen LogP contribution in [0.3, 0.4) is 0 Å². The van der Waals surface area contributed by atoms with Crippen LogP contribution in [0.4, 0.5) is 5.95 Å². The van der Waals surface area contributed by atoms with Gasteiger partial charge in [-0.2, -0.15) is 5.10 Å². The molecular formula is C14H19N4O3+. The molecule has 1 aliphatic heterocycles. The summed E-state index contributed by atoms with van der Waals surface area (Å²) in [6.07, 6.45) is 1.06. The number of H-pyrrole nitrogens is 1. The van der Waals surface area contributed by atoms with Crippen molar-refractivity contribution in [1.29, 1.82) is 0 Å². The number of fused-ring (bicyclic) bond motifs is 1. The molecule has 0 bridgehead atoms. The Bertz CT molecular complexity index is 629. The number of hydrogen-bond donors (Lipinski definition) is 2. The van der Waals surface area contributed by atoms with Crippen LogP contribution in [0, 0.1) is 0 Å². The first kappa shape index (κ1) is 13.5. The number of anilines is 1. The molecule has 1 aromatic heterocycles. The number of aromatic nitrogens is 3. The van der Waals surface area contributed by atoms with Crippen LogP contribution < -0.4 is 24.1 Å². The average molecular weight is 291 g/mol. The van der Waals surface area contributed by atoms with Crippen LogP contribution in [-0.4, -0.2) is 38.1 Å². The standard InChI is InChI=1S/C14H18N4O3/c1-19-10-7-9(8-11(20-2)12(10)21-3)13-16-17-14-15-5-4-6-18(13)14/h7-8H,4-6H2,1-3H3,(H,15,17)/p+1. The summed E-state index contributed by atoms with van der Waals surface area (Å²) in [4.78, 5) is 0. The molecular weight excluding hydrogens is 272 g/mol. The van der Waals surface area contributed by atoms with Crippen molar-refractivity contribution in [3.05, 3.63) is 12.1 Å². The van der Waals surface area contributed by atoms with E-state index in [9.17, 15) is 0 Å². The molecule has 112 valence electrons. The van der Waals surface area contributed by atoms with E-state index in [1.54, 1.807) is 21.3 Å². The van der Waals surface area contributed by atoms with Crippen molar-refractivity contribution in [2.24, 2.45) is 0 Å². The van der Waals surface area contributed by atoms with E-state index in [1.807, 2.05) is 12.1 Å². The van der Waals surface area contributed by atoms with Gasteiger partial charge >= 0.3 is 5.95 Å². The SMILES string of the molecule is COc1cc(-c2[nH]nc3[n+]2CCCN3)cc(OC)c1OC. The Hall–Kier alpha value is -2.44. The van der Waals surface area contributed by atoms with Gasteiger partial charge in [-0.1, -0.05) is 0 Å². The van der Waals surface area contributed by atoms with Gasteiger partial charge in [0.1, 0.15) is 0 Å². The fourth-order valence-corrected chi connectivity index (χ4v) is 2.56. The summed E-state index contributed by atoms with van der Waals surface area (Å²) in [5.41, 5.74) is 0.937. The molecule has 3 rings (SSSR count). The third kappa shape index (κ3) is 2.24. The molecule has 0 aliphatic carbocycles. The van der Waals surface area contributed by atoms with Crippen molar-refractivity contribution < 1.29 is 18.8 Å². The zero-order valence-corrected chi connectivity index (χ0v) is 12.4. The van der Waals surface area contributed by atoms with Crippen LogP contribution in [0.1, 0.15) is 6.42 Å². The highest BCUT2D eigenvalue weighted by atomic mass is 16.5. The van der Waals surface area contributed by atoms with E-state index in [4.69, 9.17) is 14.2 Å². The fraction of sp³-hybridized carbons (Fsp3) is 0.429. The van der Waals surface area contributed by atoms with E-state index in [1.165, 1.54) is 0 Å². The molecule has 21 heavy (non-hydrogen) atoms. The Labute approximate surface area is 122 Å². The van der Waals surface area contributed by atoms with Crippen molar-refractivity contribution in [3.63, 3.8) is 0 Å². The van der Waals surface area contributed by atoms with Crippen LogP contribution in [0.15, 0.2) is 12.1 Å². The molecule has 0 fully saturated rings. The molecule has 0 radical (unpaired) electrons. The highest BCUT2D eigenvalue weighted by Gasteiger charge is 2.25. The van der Waals surface area contributed by atoms with Crippen LogP contribution in [-0.2, 0) is 6.54 Å². The molecule has 7 heteroatoms. The smallest absolute Gasteiger partial charge is 0.377 e. The number of nitrogens with zero attached hydrogens (tertiary/aromatic N) is 2. The molecule has 2 aromatic rings. The summed E-state index contributed by atoms with van der Waals surface area (Å²) >= 11 is 0. The van der Waals surface area contributed by atoms with Gasteiger partial charge in [0.15, 0.2) is 11.5 Å². The first-order valence-corrected chi connectivity index (χ1v) is 6.81. The normalized spacial score (nSPS) is 13.3. The van der Waals surface area contributed by atoms with Gasteiger partial charge in [-0.05, 0) is 12.1 Å². The van der Waals surface area contributed by atoms with Gasteiger partial charge < -0.3 is 14.2 Å². The van der Waals surface area contributed by atoms with Crippen LogP contribution in [0.5, 0.6) is 17.2 Å². The highest BCUT2D eigenvalue weighted by Crippen LogP contribution is 2.40. The van der Waals surface area contributed by atoms with Crippen molar-refractivity contribution in [1.82, 2.24) is 10.2 Å². The number of benzene rings is 1. The zero-order valence-electron chi connectivity index (χ0n) is 12.4. The number of hydrogen-bond acceptors (Lipinski definition) is 5. The predicted octanol–water partition coefficient (Wildman–Crippen LogP) is 1.21. The summed E-state index contributed by atoms with van der Waals surface area (Å²) in [5.74, 6) is 3.60. The first-order valence-electron chi connectivity index (χ1n) is 6.81. The molecule has 0 spiro atoms. The lowest BCUT2D eigenvalue weighted by Crippen LogP contribution is -2.42. The first-order chi connectivity index (χ1) is 10.3. The molecule has 2 N–H and O–H groups in total. The van der Waals surface area contributed by atoms with Crippen molar-refractivity contribution >= 4 is 5.95 Å². The van der Waals surface area contributed by atoms with Crippen molar-refractivity contribution in [3.8, 4) is 28.6 Å². The maximum absolute atomic E-state index is 5.40. The van der Waals surface area contributed by atoms with Crippen LogP contribution in [0.2, 0.25) is 0 Å². The maximum atomic E-state index is 5.40. The topological polar surface area (TPSA) is 72.3 Å². The molecule has 0 saturated carbocycles. The monoisotopic (exact) mass is 291 g/mol. The number of rotatable bonds is 4. The van der Waals surface area contributed by atoms with Crippen LogP contribution >= 0.6 is 0 Å². The number of ether oxygens (including phenoxy) is 3. The minimum Gasteiger partial charge on any atom is -0.493 e. The van der Waals surface area contributed by atoms with E-state index in [0.717, 1.165) is 36.8 Å². The lowest BCUT2D eigenvalue weighted by Gasteiger charge is -2.14. The molecule has 0 saturated heterocycles. The Morgan fingerprint density at radius 2 is 1.81 bits per heavy atom. The molecule has 0 amide bonds. The van der Waals surface area contributed by atoms with Gasteiger partial charge in [0.25, 0.3) is 0 Å². The summed E-state index contributed by atoms with van der Waals surface area (Å²) < 4.78 is 18.3. The van der Waals surface area contributed by atoms with Crippen LogP contribution in [0.25, 0.3) is 11.4 Å². The Morgan fingerprint density at radius 1 is 1.10 bits per heavy atom. The summed E-state index contributed by atoms with van der Waals surface area (Å²) in [5, 5.41) is 10.6. The molecule has 2 heterocycles. The van der Waals surface area contributed by atoms with Crippen molar-refractivity contribution in [2.45, 2.75) is 13.0 Å². The summed E-state index contributed by atoms with van der Waals surface area (Å²) in [6.45, 7) is 1.87. The zero-order chi connectivity index (χ0) is 14.8. The minimum absolute atomic E-state index is 0.584. The van der Waals surface area contributed by atoms with Gasteiger partial charge in [-0.25, -0.2) is 4.57 Å². The largest absolute Gasteiger partial charge is 0.493 e. The molecule has 0 unspecified atom stereocenters. The van der Waals surface area contributed by atoms with E-state index in [-0.39, 0.29) is 0 Å². The second-order valence-corrected chi connectivity index (χ2v) is 4.74. The Morgan fingerprint density at radius 3 is 2.43 bits per heavy atom. The number of aromatic amines is 1. The van der Waals surface area contributed by atoms with E-state index in [2.05, 4.69) is 20.1 Å². The second kappa shape index (κ2) is 5.51. The van der Waals surface area contributed by atoms with Crippen molar-refractivity contribution in [2.75, 3.05) is 33.2 Å². The predicted molar refractivity (Wildman–Crippen MR) is 77.0 cm³/mol. The van der Waals surface area contributed by atoms with E-state index < -0.39 is 0 Å². The lowest BCUT2D eigenvalue weighted by molar-refractivity contribution is -0.675. The Kier molecular flexibility index (Phi) is 3.55. The number of nitrogens with one attached hydrogen (secondary N) is 2. The molecule has 1 aromatic carbocycles. The lowest BCUT2D eigenvalue weighted by atomic mass is 10.1. The third-order valence-electron chi connectivity index (χ3n) is 3.57. The second-order valence-electron chi connectivity index (χ2n) is 4.74. The van der Waals surface area contributed by atoms with Gasteiger partial charge in [-0.3, -0.25) is 5.32 Å². The van der Waals surface area contributed by atoms with E-state index >= 15 is 0 Å². The third-order valence-corrected chi connectivity index (χ3v) is 3.57. The number of methoxy groups -OCH3 is 3. The quantitative estimate of drug-likeness (QED) is 0.828. The Balaban J connectivity index is 2.12. The minimum atomic E-state index is 0.584. The average Bonchev–Trinajstić information content (AvgIpc) is 2.97. The molecule has 1 aliphatic rings. The van der Waals surface area contributed by atoms with Gasteiger partial charge in [0.2, 0.25) is 11.6 Å². The highest BCUT2D eigenvalue weighted by molar-refractivity contribution is 5.65. The summed E-state index contributed by atoms with van der Waals surface area (Å²) in [7, 11) is 4.81. The van der Waals surface area contributed by atoms with E-state index in [0.29, 0.717) is 17.2 Å². The molecule has 0 atom stereocenters. The van der Waals surface area contributed by atoms with Gasteiger partial charge in [0, 0.05) is 17.1 Å². The molecule has 7 nitrogen and oxygen atoms in total. The maximum Gasteiger partial charge on any atom is 0.377 e.